The summed E-state index contributed by atoms with van der Waals surface area (Å²) in [6.45, 7) is 9.90. The summed E-state index contributed by atoms with van der Waals surface area (Å²) in [5, 5.41) is 0. The molecule has 0 aromatic heterocycles. The van der Waals surface area contributed by atoms with Gasteiger partial charge < -0.3 is 9.47 Å². The van der Waals surface area contributed by atoms with E-state index < -0.39 is 17.9 Å². The van der Waals surface area contributed by atoms with Crippen LogP contribution in [-0.2, 0) is 14.3 Å². The van der Waals surface area contributed by atoms with E-state index >= 15 is 0 Å². The van der Waals surface area contributed by atoms with E-state index in [2.05, 4.69) is 6.58 Å². The fourth-order valence-electron chi connectivity index (χ4n) is 1.77. The zero-order valence-electron chi connectivity index (χ0n) is 10.5. The van der Waals surface area contributed by atoms with Crippen LogP contribution in [-0.4, -0.2) is 35.8 Å². The Hall–Kier alpha value is -1.52. The molecular weight excluding hydrogens is 222 g/mol. The molecule has 5 nitrogen and oxygen atoms in total. The highest BCUT2D eigenvalue weighted by Crippen LogP contribution is 2.27. The summed E-state index contributed by atoms with van der Waals surface area (Å²) in [5.41, 5.74) is -0.560. The number of ether oxygens (including phenoxy) is 2. The normalized spacial score (nSPS) is 24.3. The second-order valence-electron chi connectivity index (χ2n) is 4.98. The summed E-state index contributed by atoms with van der Waals surface area (Å²) >= 11 is 0. The number of rotatable bonds is 3. The zero-order chi connectivity index (χ0) is 13.1. The summed E-state index contributed by atoms with van der Waals surface area (Å²) < 4.78 is 10.2. The number of hydrogen-bond acceptors (Lipinski definition) is 4. The number of carbonyl (C=O) groups is 2. The number of likely N-dealkylation sites (tertiary alicyclic amines) is 1. The van der Waals surface area contributed by atoms with E-state index in [1.54, 1.807) is 26.8 Å². The average Bonchev–Trinajstić information content (AvgIpc) is 2.59. The molecule has 1 rings (SSSR count). The minimum Gasteiger partial charge on any atom is -0.444 e. The maximum atomic E-state index is 11.9. The Labute approximate surface area is 101 Å². The predicted molar refractivity (Wildman–Crippen MR) is 62.2 cm³/mol. The topological polar surface area (TPSA) is 55.8 Å². The van der Waals surface area contributed by atoms with Crippen LogP contribution in [0.5, 0.6) is 0 Å². The van der Waals surface area contributed by atoms with E-state index in [1.165, 1.54) is 4.90 Å². The largest absolute Gasteiger partial charge is 0.444 e. The van der Waals surface area contributed by atoms with E-state index in [4.69, 9.17) is 9.47 Å². The van der Waals surface area contributed by atoms with Gasteiger partial charge in [-0.15, -0.1) is 6.58 Å². The molecule has 0 spiro atoms. The molecule has 2 atom stereocenters. The summed E-state index contributed by atoms with van der Waals surface area (Å²) in [7, 11) is 0. The van der Waals surface area contributed by atoms with Crippen molar-refractivity contribution in [3.63, 3.8) is 0 Å². The van der Waals surface area contributed by atoms with Crippen LogP contribution in [0.15, 0.2) is 12.7 Å². The Balaban J connectivity index is 2.72. The number of nitrogens with zero attached hydrogens (tertiary/aromatic N) is 1. The Bertz CT molecular complexity index is 308. The van der Waals surface area contributed by atoms with Crippen molar-refractivity contribution in [1.29, 1.82) is 0 Å². The fraction of sp³-hybridized carbons (Fsp3) is 0.667. The lowest BCUT2D eigenvalue weighted by Crippen LogP contribution is -2.42. The van der Waals surface area contributed by atoms with Crippen molar-refractivity contribution in [3.05, 3.63) is 12.7 Å². The highest BCUT2D eigenvalue weighted by molar-refractivity contribution is 5.69. The molecule has 1 heterocycles. The zero-order valence-corrected chi connectivity index (χ0v) is 10.5. The first-order valence-electron chi connectivity index (χ1n) is 5.60. The maximum absolute atomic E-state index is 11.9. The average molecular weight is 241 g/mol. The van der Waals surface area contributed by atoms with E-state index in [0.29, 0.717) is 13.0 Å². The third-order valence-corrected chi connectivity index (χ3v) is 2.50. The first-order chi connectivity index (χ1) is 7.89. The molecule has 0 radical (unpaired) electrons. The van der Waals surface area contributed by atoms with Gasteiger partial charge in [0.2, 0.25) is 0 Å². The number of amides is 1. The lowest BCUT2D eigenvalue weighted by atomic mass is 10.1. The van der Waals surface area contributed by atoms with Gasteiger partial charge in [-0.2, -0.15) is 0 Å². The molecule has 96 valence electrons. The predicted octanol–water partition coefficient (Wildman–Crippen LogP) is 1.93. The maximum Gasteiger partial charge on any atom is 0.413 e. The minimum atomic E-state index is -0.597. The van der Waals surface area contributed by atoms with Crippen molar-refractivity contribution < 1.29 is 19.1 Å². The molecule has 0 aromatic rings. The van der Waals surface area contributed by atoms with Gasteiger partial charge in [-0.3, -0.25) is 9.69 Å². The first-order valence-corrected chi connectivity index (χ1v) is 5.60. The molecule has 1 aliphatic heterocycles. The van der Waals surface area contributed by atoms with Crippen LogP contribution >= 0.6 is 0 Å². The van der Waals surface area contributed by atoms with Crippen LogP contribution in [0.25, 0.3) is 0 Å². The second-order valence-corrected chi connectivity index (χ2v) is 4.98. The van der Waals surface area contributed by atoms with Crippen LogP contribution in [0.2, 0.25) is 0 Å². The van der Waals surface area contributed by atoms with Crippen molar-refractivity contribution in [2.24, 2.45) is 5.92 Å². The SMILES string of the molecule is C=C[C@H]1CCN(C(=O)OC(C)(C)C)[C@@H]1OC=O. The Kier molecular flexibility index (Phi) is 4.15. The molecule has 5 heteroatoms. The van der Waals surface area contributed by atoms with Crippen molar-refractivity contribution in [2.75, 3.05) is 6.54 Å². The Morgan fingerprint density at radius 2 is 2.12 bits per heavy atom. The molecule has 0 unspecified atom stereocenters. The molecule has 0 N–H and O–H groups in total. The molecular formula is C12H19NO4. The molecule has 0 aromatic carbocycles. The quantitative estimate of drug-likeness (QED) is 0.559. The number of carbonyl (C=O) groups excluding carboxylic acids is 2. The van der Waals surface area contributed by atoms with E-state index in [-0.39, 0.29) is 5.92 Å². The van der Waals surface area contributed by atoms with Gasteiger partial charge in [0.25, 0.3) is 6.47 Å². The van der Waals surface area contributed by atoms with Gasteiger partial charge in [0.1, 0.15) is 5.60 Å². The third kappa shape index (κ3) is 3.47. The van der Waals surface area contributed by atoms with Gasteiger partial charge >= 0.3 is 6.09 Å². The first kappa shape index (κ1) is 13.5. The fourth-order valence-corrected chi connectivity index (χ4v) is 1.77. The van der Waals surface area contributed by atoms with Gasteiger partial charge in [-0.05, 0) is 27.2 Å². The third-order valence-electron chi connectivity index (χ3n) is 2.50. The molecule has 1 saturated heterocycles. The van der Waals surface area contributed by atoms with Crippen LogP contribution < -0.4 is 0 Å². The van der Waals surface area contributed by atoms with Crippen LogP contribution in [0.4, 0.5) is 4.79 Å². The summed E-state index contributed by atoms with van der Waals surface area (Å²) in [5.74, 6) is -0.0345. The van der Waals surface area contributed by atoms with Crippen LogP contribution in [0.1, 0.15) is 27.2 Å². The van der Waals surface area contributed by atoms with Crippen molar-refractivity contribution in [3.8, 4) is 0 Å². The monoisotopic (exact) mass is 241 g/mol. The smallest absolute Gasteiger partial charge is 0.413 e. The summed E-state index contributed by atoms with van der Waals surface area (Å²) in [6, 6.07) is 0. The highest BCUT2D eigenvalue weighted by atomic mass is 16.6. The highest BCUT2D eigenvalue weighted by Gasteiger charge is 2.39. The van der Waals surface area contributed by atoms with Gasteiger partial charge in [0, 0.05) is 12.5 Å². The van der Waals surface area contributed by atoms with Gasteiger partial charge in [-0.25, -0.2) is 4.79 Å². The molecule has 1 aliphatic rings. The van der Waals surface area contributed by atoms with Gasteiger partial charge in [-0.1, -0.05) is 6.08 Å². The Morgan fingerprint density at radius 1 is 1.47 bits per heavy atom. The van der Waals surface area contributed by atoms with E-state index in [0.717, 1.165) is 6.42 Å². The molecule has 0 bridgehead atoms. The summed E-state index contributed by atoms with van der Waals surface area (Å²) in [6.07, 6.45) is 1.35. The van der Waals surface area contributed by atoms with Gasteiger partial charge in [0.15, 0.2) is 6.23 Å². The number of hydrogen-bond donors (Lipinski definition) is 0. The second kappa shape index (κ2) is 5.21. The van der Waals surface area contributed by atoms with E-state index in [1.807, 2.05) is 0 Å². The molecule has 17 heavy (non-hydrogen) atoms. The summed E-state index contributed by atoms with van der Waals surface area (Å²) in [4.78, 5) is 23.7. The molecule has 0 saturated carbocycles. The van der Waals surface area contributed by atoms with Gasteiger partial charge in [0.05, 0.1) is 0 Å². The standard InChI is InChI=1S/C12H19NO4/c1-5-9-6-7-13(10(9)16-8-14)11(15)17-12(2,3)4/h5,8-10H,1,6-7H2,2-4H3/t9-,10+/m0/s1. The van der Waals surface area contributed by atoms with Crippen molar-refractivity contribution in [1.82, 2.24) is 4.90 Å². The van der Waals surface area contributed by atoms with Crippen molar-refractivity contribution >= 4 is 12.6 Å². The lowest BCUT2D eigenvalue weighted by Gasteiger charge is -2.28. The van der Waals surface area contributed by atoms with Crippen molar-refractivity contribution in [2.45, 2.75) is 39.0 Å². The Morgan fingerprint density at radius 3 is 2.59 bits per heavy atom. The minimum absolute atomic E-state index is 0.0345. The lowest BCUT2D eigenvalue weighted by molar-refractivity contribution is -0.141. The molecule has 1 fully saturated rings. The molecule has 0 aliphatic carbocycles. The van der Waals surface area contributed by atoms with Crippen LogP contribution in [0.3, 0.4) is 0 Å². The molecule has 1 amide bonds. The van der Waals surface area contributed by atoms with Crippen LogP contribution in [0, 0.1) is 5.92 Å². The van der Waals surface area contributed by atoms with E-state index in [9.17, 15) is 9.59 Å².